The van der Waals surface area contributed by atoms with E-state index in [0.717, 1.165) is 18.4 Å². The van der Waals surface area contributed by atoms with Gasteiger partial charge in [0.1, 0.15) is 0 Å². The fourth-order valence-electron chi connectivity index (χ4n) is 2.60. The number of hydrogen-bond donors (Lipinski definition) is 1. The van der Waals surface area contributed by atoms with Crippen molar-refractivity contribution >= 4 is 21.8 Å². The van der Waals surface area contributed by atoms with Crippen LogP contribution in [0.1, 0.15) is 42.4 Å². The second kappa shape index (κ2) is 6.56. The van der Waals surface area contributed by atoms with E-state index in [2.05, 4.69) is 47.2 Å². The number of aryl methyl sites for hydroxylation is 2. The van der Waals surface area contributed by atoms with E-state index in [1.54, 1.807) is 0 Å². The number of benzene rings is 1. The molecule has 1 saturated carbocycles. The van der Waals surface area contributed by atoms with E-state index in [1.807, 2.05) is 6.07 Å². The molecule has 0 heterocycles. The van der Waals surface area contributed by atoms with Crippen molar-refractivity contribution in [3.8, 4) is 0 Å². The van der Waals surface area contributed by atoms with Gasteiger partial charge in [-0.3, -0.25) is 4.79 Å². The lowest BCUT2D eigenvalue weighted by molar-refractivity contribution is -0.121. The van der Waals surface area contributed by atoms with E-state index in [9.17, 15) is 4.79 Å². The summed E-state index contributed by atoms with van der Waals surface area (Å²) < 4.78 is 0. The molecular formula is C16H22BrNO. The quantitative estimate of drug-likeness (QED) is 0.845. The molecule has 1 aliphatic rings. The summed E-state index contributed by atoms with van der Waals surface area (Å²) in [6.45, 7) is 4.18. The van der Waals surface area contributed by atoms with Crippen LogP contribution < -0.4 is 5.32 Å². The standard InChI is InChI=1S/C16H22BrNO/c1-11-7-8-13(9-12(11)2)10-16(19)18-15-6-4-3-5-14(15)17/h7-9,14-15H,3-6,10H2,1-2H3,(H,18,19). The zero-order chi connectivity index (χ0) is 13.8. The molecule has 0 aliphatic heterocycles. The smallest absolute Gasteiger partial charge is 0.224 e. The molecular weight excluding hydrogens is 302 g/mol. The Labute approximate surface area is 124 Å². The third-order valence-electron chi connectivity index (χ3n) is 3.96. The molecule has 3 heteroatoms. The molecule has 1 N–H and O–H groups in total. The van der Waals surface area contributed by atoms with Gasteiger partial charge in [0.2, 0.25) is 5.91 Å². The van der Waals surface area contributed by atoms with Gasteiger partial charge in [-0.1, -0.05) is 47.0 Å². The lowest BCUT2D eigenvalue weighted by atomic mass is 9.95. The van der Waals surface area contributed by atoms with Gasteiger partial charge in [0, 0.05) is 10.9 Å². The van der Waals surface area contributed by atoms with Crippen molar-refractivity contribution in [2.45, 2.75) is 56.8 Å². The van der Waals surface area contributed by atoms with Crippen LogP contribution in [0.25, 0.3) is 0 Å². The third-order valence-corrected chi connectivity index (χ3v) is 5.06. The van der Waals surface area contributed by atoms with Crippen LogP contribution in [0.15, 0.2) is 18.2 Å². The Morgan fingerprint density at radius 1 is 1.26 bits per heavy atom. The van der Waals surface area contributed by atoms with Crippen LogP contribution in [-0.4, -0.2) is 16.8 Å². The van der Waals surface area contributed by atoms with Gasteiger partial charge >= 0.3 is 0 Å². The maximum atomic E-state index is 12.1. The fraction of sp³-hybridized carbons (Fsp3) is 0.562. The second-order valence-electron chi connectivity index (χ2n) is 5.57. The molecule has 2 nitrogen and oxygen atoms in total. The van der Waals surface area contributed by atoms with Crippen molar-refractivity contribution in [2.24, 2.45) is 0 Å². The molecule has 19 heavy (non-hydrogen) atoms. The van der Waals surface area contributed by atoms with Crippen molar-refractivity contribution in [1.29, 1.82) is 0 Å². The van der Waals surface area contributed by atoms with E-state index >= 15 is 0 Å². The zero-order valence-electron chi connectivity index (χ0n) is 11.7. The Kier molecular flexibility index (Phi) is 5.03. The Morgan fingerprint density at radius 3 is 2.68 bits per heavy atom. The molecule has 0 bridgehead atoms. The highest BCUT2D eigenvalue weighted by atomic mass is 79.9. The van der Waals surface area contributed by atoms with Gasteiger partial charge in [0.25, 0.3) is 0 Å². The van der Waals surface area contributed by atoms with E-state index in [4.69, 9.17) is 0 Å². The van der Waals surface area contributed by atoms with Crippen molar-refractivity contribution in [3.63, 3.8) is 0 Å². The zero-order valence-corrected chi connectivity index (χ0v) is 13.3. The Hall–Kier alpha value is -0.830. The average molecular weight is 324 g/mol. The minimum absolute atomic E-state index is 0.139. The minimum atomic E-state index is 0.139. The minimum Gasteiger partial charge on any atom is -0.352 e. The molecule has 1 aromatic carbocycles. The number of carbonyl (C=O) groups is 1. The molecule has 0 saturated heterocycles. The lowest BCUT2D eigenvalue weighted by Crippen LogP contribution is -2.43. The van der Waals surface area contributed by atoms with E-state index in [0.29, 0.717) is 17.3 Å². The van der Waals surface area contributed by atoms with Crippen LogP contribution in [-0.2, 0) is 11.2 Å². The molecule has 2 atom stereocenters. The normalized spacial score (nSPS) is 23.1. The van der Waals surface area contributed by atoms with Crippen LogP contribution in [0.2, 0.25) is 0 Å². The highest BCUT2D eigenvalue weighted by Crippen LogP contribution is 2.24. The molecule has 104 valence electrons. The summed E-state index contributed by atoms with van der Waals surface area (Å²) in [7, 11) is 0. The van der Waals surface area contributed by atoms with Gasteiger partial charge in [0.15, 0.2) is 0 Å². The highest BCUT2D eigenvalue weighted by molar-refractivity contribution is 9.09. The SMILES string of the molecule is Cc1ccc(CC(=O)NC2CCCCC2Br)cc1C. The van der Waals surface area contributed by atoms with Crippen LogP contribution in [0, 0.1) is 13.8 Å². The molecule has 1 aromatic rings. The predicted octanol–water partition coefficient (Wildman–Crippen LogP) is 3.67. The second-order valence-corrected chi connectivity index (χ2v) is 6.75. The van der Waals surface area contributed by atoms with Crippen LogP contribution in [0.5, 0.6) is 0 Å². The summed E-state index contributed by atoms with van der Waals surface area (Å²) in [6, 6.07) is 6.55. The first-order chi connectivity index (χ1) is 9.06. The topological polar surface area (TPSA) is 29.1 Å². The molecule has 1 fully saturated rings. The fourth-order valence-corrected chi connectivity index (χ4v) is 3.33. The number of hydrogen-bond acceptors (Lipinski definition) is 1. The van der Waals surface area contributed by atoms with Gasteiger partial charge in [-0.05, 0) is 43.4 Å². The van der Waals surface area contributed by atoms with Crippen LogP contribution in [0.3, 0.4) is 0 Å². The van der Waals surface area contributed by atoms with E-state index in [-0.39, 0.29) is 5.91 Å². The first kappa shape index (κ1) is 14.6. The summed E-state index contributed by atoms with van der Waals surface area (Å²) in [4.78, 5) is 12.5. The van der Waals surface area contributed by atoms with Crippen molar-refractivity contribution < 1.29 is 4.79 Å². The summed E-state index contributed by atoms with van der Waals surface area (Å²) in [6.07, 6.45) is 5.22. The summed E-state index contributed by atoms with van der Waals surface area (Å²) >= 11 is 3.68. The first-order valence-electron chi connectivity index (χ1n) is 7.06. The molecule has 0 aromatic heterocycles. The number of amides is 1. The van der Waals surface area contributed by atoms with Gasteiger partial charge in [-0.15, -0.1) is 0 Å². The van der Waals surface area contributed by atoms with Crippen LogP contribution in [0.4, 0.5) is 0 Å². The largest absolute Gasteiger partial charge is 0.352 e. The molecule has 0 radical (unpaired) electrons. The lowest BCUT2D eigenvalue weighted by Gasteiger charge is -2.28. The maximum absolute atomic E-state index is 12.1. The summed E-state index contributed by atoms with van der Waals surface area (Å²) in [5, 5.41) is 3.17. The van der Waals surface area contributed by atoms with Gasteiger partial charge in [0.05, 0.1) is 6.42 Å². The monoisotopic (exact) mass is 323 g/mol. The van der Waals surface area contributed by atoms with E-state index < -0.39 is 0 Å². The molecule has 1 aliphatic carbocycles. The van der Waals surface area contributed by atoms with Gasteiger partial charge in [-0.25, -0.2) is 0 Å². The summed E-state index contributed by atoms with van der Waals surface area (Å²) in [5.74, 6) is 0.139. The third kappa shape index (κ3) is 4.07. The average Bonchev–Trinajstić information content (AvgIpc) is 2.37. The van der Waals surface area contributed by atoms with Crippen molar-refractivity contribution in [1.82, 2.24) is 5.32 Å². The number of halogens is 1. The Morgan fingerprint density at radius 2 is 2.00 bits per heavy atom. The maximum Gasteiger partial charge on any atom is 0.224 e. The van der Waals surface area contributed by atoms with Crippen molar-refractivity contribution in [2.75, 3.05) is 0 Å². The first-order valence-corrected chi connectivity index (χ1v) is 7.97. The number of carbonyl (C=O) groups excluding carboxylic acids is 1. The van der Waals surface area contributed by atoms with Gasteiger partial charge < -0.3 is 5.32 Å². The van der Waals surface area contributed by atoms with Crippen molar-refractivity contribution in [3.05, 3.63) is 34.9 Å². The molecule has 1 amide bonds. The van der Waals surface area contributed by atoms with Gasteiger partial charge in [-0.2, -0.15) is 0 Å². The highest BCUT2D eigenvalue weighted by Gasteiger charge is 2.23. The number of alkyl halides is 1. The van der Waals surface area contributed by atoms with E-state index in [1.165, 1.54) is 24.0 Å². The summed E-state index contributed by atoms with van der Waals surface area (Å²) in [5.41, 5.74) is 3.63. The molecule has 0 spiro atoms. The number of nitrogens with one attached hydrogen (secondary N) is 1. The molecule has 2 unspecified atom stereocenters. The molecule has 2 rings (SSSR count). The number of rotatable bonds is 3. The predicted molar refractivity (Wildman–Crippen MR) is 82.7 cm³/mol. The Bertz CT molecular complexity index is 458. The Balaban J connectivity index is 1.91. The van der Waals surface area contributed by atoms with Crippen LogP contribution >= 0.6 is 15.9 Å².